The van der Waals surface area contributed by atoms with Crippen LogP contribution in [0.1, 0.15) is 56.3 Å². The summed E-state index contributed by atoms with van der Waals surface area (Å²) in [7, 11) is 0. The van der Waals surface area contributed by atoms with Crippen molar-refractivity contribution in [3.8, 4) is 5.75 Å². The molecule has 3 rings (SSSR count). The second kappa shape index (κ2) is 9.60. The molecule has 0 aromatic heterocycles. The van der Waals surface area contributed by atoms with Gasteiger partial charge in [-0.3, -0.25) is 4.90 Å². The zero-order valence-corrected chi connectivity index (χ0v) is 16.3. The van der Waals surface area contributed by atoms with Crippen molar-refractivity contribution in [2.75, 3.05) is 0 Å². The zero-order chi connectivity index (χ0) is 19.9. The number of carboxylic acid groups (broad SMARTS) is 1. The van der Waals surface area contributed by atoms with E-state index in [9.17, 15) is 15.0 Å². The molecule has 0 spiro atoms. The summed E-state index contributed by atoms with van der Waals surface area (Å²) in [6.45, 7) is 2.51. The summed E-state index contributed by atoms with van der Waals surface area (Å²) in [6.07, 6.45) is 2.41. The predicted octanol–water partition coefficient (Wildman–Crippen LogP) is 5.00. The molecule has 1 saturated heterocycles. The van der Waals surface area contributed by atoms with Crippen LogP contribution in [0.4, 0.5) is 4.79 Å². The molecular formula is C23H29NO4. The van der Waals surface area contributed by atoms with Crippen LogP contribution < -0.4 is 4.74 Å². The van der Waals surface area contributed by atoms with Crippen molar-refractivity contribution in [3.05, 3.63) is 65.7 Å². The standard InChI is InChI=1S/C23H29NO4/c1-2-8-19-12-7-14-21(24(19)23(26)27)22(25)18-11-6-13-20(15-18)28-16-17-9-4-3-5-10-17/h3-6,9-11,13,15,19,21-22,25H,2,7-8,12,14,16H2,1H3,(H,26,27)/t19-,21-,22+/m1/s1. The smallest absolute Gasteiger partial charge is 0.407 e. The molecule has 1 amide bonds. The number of rotatable bonds is 7. The van der Waals surface area contributed by atoms with Gasteiger partial charge < -0.3 is 14.9 Å². The Hall–Kier alpha value is -2.53. The molecule has 5 nitrogen and oxygen atoms in total. The van der Waals surface area contributed by atoms with Crippen molar-refractivity contribution in [1.82, 2.24) is 4.90 Å². The summed E-state index contributed by atoms with van der Waals surface area (Å²) in [5.74, 6) is 0.670. The van der Waals surface area contributed by atoms with Gasteiger partial charge in [0.15, 0.2) is 0 Å². The van der Waals surface area contributed by atoms with Crippen molar-refractivity contribution in [1.29, 1.82) is 0 Å². The molecule has 150 valence electrons. The predicted molar refractivity (Wildman–Crippen MR) is 108 cm³/mol. The van der Waals surface area contributed by atoms with Crippen molar-refractivity contribution in [2.24, 2.45) is 0 Å². The first kappa shape index (κ1) is 20.2. The number of amides is 1. The van der Waals surface area contributed by atoms with Crippen molar-refractivity contribution < 1.29 is 19.7 Å². The Morgan fingerprint density at radius 1 is 1.18 bits per heavy atom. The van der Waals surface area contributed by atoms with E-state index in [1.54, 1.807) is 0 Å². The second-order valence-corrected chi connectivity index (χ2v) is 7.42. The molecular weight excluding hydrogens is 354 g/mol. The van der Waals surface area contributed by atoms with Crippen molar-refractivity contribution in [2.45, 2.75) is 63.8 Å². The van der Waals surface area contributed by atoms with Gasteiger partial charge in [0.25, 0.3) is 0 Å². The lowest BCUT2D eigenvalue weighted by Crippen LogP contribution is -2.51. The number of likely N-dealkylation sites (tertiary alicyclic amines) is 1. The number of carbonyl (C=O) groups is 1. The van der Waals surface area contributed by atoms with Crippen LogP contribution in [-0.2, 0) is 6.61 Å². The van der Waals surface area contributed by atoms with Crippen LogP contribution >= 0.6 is 0 Å². The van der Waals surface area contributed by atoms with Gasteiger partial charge in [0.05, 0.1) is 12.1 Å². The van der Waals surface area contributed by atoms with E-state index in [0.717, 1.165) is 31.2 Å². The van der Waals surface area contributed by atoms with Crippen LogP contribution in [0.3, 0.4) is 0 Å². The zero-order valence-electron chi connectivity index (χ0n) is 16.3. The van der Waals surface area contributed by atoms with E-state index in [1.165, 1.54) is 4.90 Å². The average Bonchev–Trinajstić information content (AvgIpc) is 2.72. The van der Waals surface area contributed by atoms with Crippen LogP contribution in [0.25, 0.3) is 0 Å². The Balaban J connectivity index is 1.73. The Labute approximate surface area is 166 Å². The fraction of sp³-hybridized carbons (Fsp3) is 0.435. The highest BCUT2D eigenvalue weighted by Crippen LogP contribution is 2.34. The molecule has 1 aliphatic rings. The summed E-state index contributed by atoms with van der Waals surface area (Å²) in [4.78, 5) is 13.4. The topological polar surface area (TPSA) is 70.0 Å². The molecule has 2 aromatic carbocycles. The Bertz CT molecular complexity index is 762. The summed E-state index contributed by atoms with van der Waals surface area (Å²) in [6, 6.07) is 16.8. The highest BCUT2D eigenvalue weighted by Gasteiger charge is 2.38. The molecule has 5 heteroatoms. The van der Waals surface area contributed by atoms with Crippen LogP contribution in [-0.4, -0.2) is 33.3 Å². The third-order valence-electron chi connectivity index (χ3n) is 5.44. The number of hydrogen-bond acceptors (Lipinski definition) is 3. The summed E-state index contributed by atoms with van der Waals surface area (Å²) < 4.78 is 5.86. The van der Waals surface area contributed by atoms with E-state index in [0.29, 0.717) is 24.3 Å². The molecule has 0 radical (unpaired) electrons. The van der Waals surface area contributed by atoms with Gasteiger partial charge in [-0.1, -0.05) is 55.8 Å². The Kier molecular flexibility index (Phi) is 6.93. The minimum atomic E-state index is -0.946. The van der Waals surface area contributed by atoms with Gasteiger partial charge in [0.2, 0.25) is 0 Å². The molecule has 2 aromatic rings. The van der Waals surface area contributed by atoms with Crippen LogP contribution in [0, 0.1) is 0 Å². The van der Waals surface area contributed by atoms with E-state index in [4.69, 9.17) is 4.74 Å². The van der Waals surface area contributed by atoms with Gasteiger partial charge in [-0.15, -0.1) is 0 Å². The van der Waals surface area contributed by atoms with Crippen molar-refractivity contribution in [3.63, 3.8) is 0 Å². The minimum absolute atomic E-state index is 0.0200. The number of ether oxygens (including phenoxy) is 1. The van der Waals surface area contributed by atoms with Gasteiger partial charge in [0.1, 0.15) is 12.4 Å². The molecule has 1 aliphatic heterocycles. The summed E-state index contributed by atoms with van der Waals surface area (Å²) in [5.41, 5.74) is 1.76. The maximum atomic E-state index is 11.9. The number of aliphatic hydroxyl groups excluding tert-OH is 1. The molecule has 3 atom stereocenters. The molecule has 0 unspecified atom stereocenters. The number of aliphatic hydroxyl groups is 1. The SMILES string of the molecule is CCC[C@@H]1CCC[C@H]([C@@H](O)c2cccc(OCc3ccccc3)c2)N1C(=O)O. The average molecular weight is 383 g/mol. The fourth-order valence-electron chi connectivity index (χ4n) is 4.09. The van der Waals surface area contributed by atoms with E-state index < -0.39 is 18.2 Å². The van der Waals surface area contributed by atoms with Gasteiger partial charge in [-0.25, -0.2) is 4.79 Å². The first-order valence-corrected chi connectivity index (χ1v) is 10.1. The van der Waals surface area contributed by atoms with E-state index in [2.05, 4.69) is 6.92 Å². The molecule has 1 heterocycles. The number of piperidine rings is 1. The third-order valence-corrected chi connectivity index (χ3v) is 5.44. The van der Waals surface area contributed by atoms with Crippen LogP contribution in [0.15, 0.2) is 54.6 Å². The lowest BCUT2D eigenvalue weighted by molar-refractivity contribution is 0.000234. The monoisotopic (exact) mass is 383 g/mol. The molecule has 2 N–H and O–H groups in total. The second-order valence-electron chi connectivity index (χ2n) is 7.42. The third kappa shape index (κ3) is 4.84. The number of hydrogen-bond donors (Lipinski definition) is 2. The largest absolute Gasteiger partial charge is 0.489 e. The molecule has 0 bridgehead atoms. The first-order valence-electron chi connectivity index (χ1n) is 10.1. The fourth-order valence-corrected chi connectivity index (χ4v) is 4.09. The van der Waals surface area contributed by atoms with Gasteiger partial charge in [0, 0.05) is 6.04 Å². The van der Waals surface area contributed by atoms with Gasteiger partial charge in [-0.05, 0) is 48.9 Å². The Morgan fingerprint density at radius 3 is 2.68 bits per heavy atom. The van der Waals surface area contributed by atoms with E-state index in [1.807, 2.05) is 54.6 Å². The maximum Gasteiger partial charge on any atom is 0.407 e. The molecule has 0 saturated carbocycles. The number of benzene rings is 2. The van der Waals surface area contributed by atoms with Crippen LogP contribution in [0.5, 0.6) is 5.75 Å². The van der Waals surface area contributed by atoms with Gasteiger partial charge >= 0.3 is 6.09 Å². The maximum absolute atomic E-state index is 11.9. The lowest BCUT2D eigenvalue weighted by atomic mass is 9.88. The number of nitrogens with zero attached hydrogens (tertiary/aromatic N) is 1. The minimum Gasteiger partial charge on any atom is -0.489 e. The molecule has 1 fully saturated rings. The van der Waals surface area contributed by atoms with Crippen LogP contribution in [0.2, 0.25) is 0 Å². The highest BCUT2D eigenvalue weighted by atomic mass is 16.5. The summed E-state index contributed by atoms with van der Waals surface area (Å²) in [5, 5.41) is 20.8. The first-order chi connectivity index (χ1) is 13.6. The van der Waals surface area contributed by atoms with Crippen molar-refractivity contribution >= 4 is 6.09 Å². The van der Waals surface area contributed by atoms with E-state index >= 15 is 0 Å². The molecule has 0 aliphatic carbocycles. The van der Waals surface area contributed by atoms with E-state index in [-0.39, 0.29) is 6.04 Å². The summed E-state index contributed by atoms with van der Waals surface area (Å²) >= 11 is 0. The Morgan fingerprint density at radius 2 is 1.96 bits per heavy atom. The lowest BCUT2D eigenvalue weighted by Gasteiger charge is -2.42. The highest BCUT2D eigenvalue weighted by molar-refractivity contribution is 5.66. The quantitative estimate of drug-likeness (QED) is 0.706. The van der Waals surface area contributed by atoms with Gasteiger partial charge in [-0.2, -0.15) is 0 Å². The normalized spacial score (nSPS) is 20.6. The molecule has 28 heavy (non-hydrogen) atoms.